The Kier molecular flexibility index (Phi) is 3.48. The first-order chi connectivity index (χ1) is 10.3. The van der Waals surface area contributed by atoms with Gasteiger partial charge in [-0.05, 0) is 23.4 Å². The first-order valence-corrected chi connectivity index (χ1v) is 7.04. The van der Waals surface area contributed by atoms with E-state index in [0.717, 1.165) is 28.6 Å². The molecule has 3 nitrogen and oxygen atoms in total. The number of aromatic nitrogens is 1. The fraction of sp³-hybridized carbons (Fsp3) is 0.167. The largest absolute Gasteiger partial charge is 0.413 e. The van der Waals surface area contributed by atoms with E-state index in [0.29, 0.717) is 5.39 Å². The van der Waals surface area contributed by atoms with Crippen LogP contribution < -0.4 is 10.4 Å². The first kappa shape index (κ1) is 13.4. The number of pyridine rings is 1. The average Bonchev–Trinajstić information content (AvgIpc) is 2.55. The van der Waals surface area contributed by atoms with E-state index in [1.807, 2.05) is 54.6 Å². The summed E-state index contributed by atoms with van der Waals surface area (Å²) in [6.07, 6.45) is 0.828. The Labute approximate surface area is 123 Å². The summed E-state index contributed by atoms with van der Waals surface area (Å²) in [5.41, 5.74) is 2.82. The number of aryl methyl sites for hydroxylation is 1. The van der Waals surface area contributed by atoms with Gasteiger partial charge in [0.2, 0.25) is 0 Å². The molecule has 0 aliphatic heterocycles. The topological polar surface area (TPSA) is 31.2 Å². The van der Waals surface area contributed by atoms with Crippen molar-refractivity contribution in [2.75, 3.05) is 7.11 Å². The molecule has 1 heterocycles. The minimum absolute atomic E-state index is 0.121. The van der Waals surface area contributed by atoms with Gasteiger partial charge in [-0.25, -0.2) is 0 Å². The summed E-state index contributed by atoms with van der Waals surface area (Å²) in [5, 5.41) is 1.69. The van der Waals surface area contributed by atoms with Crippen molar-refractivity contribution >= 4 is 10.8 Å². The Hall–Kier alpha value is -2.55. The van der Waals surface area contributed by atoms with Crippen LogP contribution in [0, 0.1) is 0 Å². The van der Waals surface area contributed by atoms with Gasteiger partial charge in [0.15, 0.2) is 0 Å². The normalized spacial score (nSPS) is 10.8. The van der Waals surface area contributed by atoms with Crippen LogP contribution in [0.5, 0.6) is 0 Å². The molecule has 21 heavy (non-hydrogen) atoms. The van der Waals surface area contributed by atoms with E-state index in [1.165, 1.54) is 11.8 Å². The van der Waals surface area contributed by atoms with E-state index in [2.05, 4.69) is 6.92 Å². The molecule has 3 aromatic rings. The molecule has 0 aliphatic carbocycles. The molecule has 106 valence electrons. The Morgan fingerprint density at radius 1 is 0.952 bits per heavy atom. The summed E-state index contributed by atoms with van der Waals surface area (Å²) in [6.45, 7) is 2.10. The van der Waals surface area contributed by atoms with Crippen LogP contribution >= 0.6 is 0 Å². The number of benzene rings is 2. The summed E-state index contributed by atoms with van der Waals surface area (Å²) in [4.78, 5) is 18.0. The lowest BCUT2D eigenvalue weighted by Gasteiger charge is -2.17. The van der Waals surface area contributed by atoms with Crippen LogP contribution in [-0.4, -0.2) is 11.8 Å². The van der Waals surface area contributed by atoms with Gasteiger partial charge in [-0.3, -0.25) is 4.79 Å². The van der Waals surface area contributed by atoms with Crippen LogP contribution in [0.3, 0.4) is 0 Å². The molecule has 0 saturated carbocycles. The van der Waals surface area contributed by atoms with Gasteiger partial charge in [0.05, 0.1) is 11.1 Å². The maximum atomic E-state index is 12.7. The molecule has 0 radical (unpaired) electrons. The zero-order valence-corrected chi connectivity index (χ0v) is 12.2. The summed E-state index contributed by atoms with van der Waals surface area (Å²) < 4.78 is 1.40. The zero-order chi connectivity index (χ0) is 14.8. The van der Waals surface area contributed by atoms with E-state index in [-0.39, 0.29) is 5.56 Å². The van der Waals surface area contributed by atoms with Gasteiger partial charge in [-0.2, -0.15) is 0 Å². The molecule has 0 unspecified atom stereocenters. The quantitative estimate of drug-likeness (QED) is 0.736. The fourth-order valence-corrected chi connectivity index (χ4v) is 2.81. The van der Waals surface area contributed by atoms with Crippen molar-refractivity contribution in [1.29, 1.82) is 0 Å². The lowest BCUT2D eigenvalue weighted by Crippen LogP contribution is -2.28. The molecule has 0 fully saturated rings. The zero-order valence-electron chi connectivity index (χ0n) is 12.2. The molecule has 0 amide bonds. The summed E-state index contributed by atoms with van der Waals surface area (Å²) in [5.74, 6) is 0. The second kappa shape index (κ2) is 5.44. The Morgan fingerprint density at radius 3 is 2.19 bits per heavy atom. The van der Waals surface area contributed by atoms with E-state index in [1.54, 1.807) is 0 Å². The van der Waals surface area contributed by atoms with Gasteiger partial charge in [-0.1, -0.05) is 55.5 Å². The van der Waals surface area contributed by atoms with Crippen molar-refractivity contribution in [2.24, 2.45) is 0 Å². The first-order valence-electron chi connectivity index (χ1n) is 7.04. The van der Waals surface area contributed by atoms with Gasteiger partial charge in [0.25, 0.3) is 5.56 Å². The molecule has 0 aliphatic rings. The number of hydrogen-bond donors (Lipinski definition) is 0. The molecule has 0 spiro atoms. The van der Waals surface area contributed by atoms with E-state index >= 15 is 0 Å². The fourth-order valence-electron chi connectivity index (χ4n) is 2.81. The molecule has 0 atom stereocenters. The molecular weight excluding hydrogens is 262 g/mol. The summed E-state index contributed by atoms with van der Waals surface area (Å²) in [6, 6.07) is 17.6. The SMILES string of the molecule is CCc1c(-c2ccccc2)n(OC)c(=O)c2ccccc12. The van der Waals surface area contributed by atoms with Crippen LogP contribution in [0.4, 0.5) is 0 Å². The lowest BCUT2D eigenvalue weighted by atomic mass is 9.98. The van der Waals surface area contributed by atoms with Crippen LogP contribution in [0.15, 0.2) is 59.4 Å². The Morgan fingerprint density at radius 2 is 1.57 bits per heavy atom. The molecule has 3 rings (SSSR count). The molecule has 1 aromatic heterocycles. The number of nitrogens with zero attached hydrogens (tertiary/aromatic N) is 1. The Balaban J connectivity index is 2.50. The van der Waals surface area contributed by atoms with Crippen LogP contribution in [0.2, 0.25) is 0 Å². The van der Waals surface area contributed by atoms with Crippen LogP contribution in [0.1, 0.15) is 12.5 Å². The second-order valence-electron chi connectivity index (χ2n) is 4.87. The number of hydrogen-bond acceptors (Lipinski definition) is 2. The highest BCUT2D eigenvalue weighted by atomic mass is 16.6. The molecular formula is C18H17NO2. The van der Waals surface area contributed by atoms with Crippen molar-refractivity contribution in [2.45, 2.75) is 13.3 Å². The molecule has 3 heteroatoms. The third kappa shape index (κ3) is 2.11. The second-order valence-corrected chi connectivity index (χ2v) is 4.87. The molecule has 2 aromatic carbocycles. The highest BCUT2D eigenvalue weighted by Crippen LogP contribution is 2.28. The van der Waals surface area contributed by atoms with Crippen molar-refractivity contribution in [3.63, 3.8) is 0 Å². The van der Waals surface area contributed by atoms with Gasteiger partial charge in [0.1, 0.15) is 7.11 Å². The number of rotatable bonds is 3. The van der Waals surface area contributed by atoms with Crippen molar-refractivity contribution in [3.8, 4) is 11.3 Å². The van der Waals surface area contributed by atoms with Crippen LogP contribution in [0.25, 0.3) is 22.0 Å². The maximum Gasteiger partial charge on any atom is 0.291 e. The predicted molar refractivity (Wildman–Crippen MR) is 85.5 cm³/mol. The van der Waals surface area contributed by atoms with Gasteiger partial charge >= 0.3 is 0 Å². The lowest BCUT2D eigenvalue weighted by molar-refractivity contribution is 0.162. The van der Waals surface area contributed by atoms with Gasteiger partial charge in [0, 0.05) is 5.56 Å². The van der Waals surface area contributed by atoms with E-state index in [9.17, 15) is 4.79 Å². The van der Waals surface area contributed by atoms with Gasteiger partial charge < -0.3 is 4.84 Å². The van der Waals surface area contributed by atoms with Crippen molar-refractivity contribution < 1.29 is 4.84 Å². The minimum Gasteiger partial charge on any atom is -0.413 e. The third-order valence-corrected chi connectivity index (χ3v) is 3.74. The molecule has 0 bridgehead atoms. The Bertz CT molecular complexity index is 835. The third-order valence-electron chi connectivity index (χ3n) is 3.74. The summed E-state index contributed by atoms with van der Waals surface area (Å²) >= 11 is 0. The van der Waals surface area contributed by atoms with Crippen LogP contribution in [-0.2, 0) is 6.42 Å². The molecule has 0 N–H and O–H groups in total. The van der Waals surface area contributed by atoms with E-state index in [4.69, 9.17) is 4.84 Å². The monoisotopic (exact) mass is 279 g/mol. The van der Waals surface area contributed by atoms with Gasteiger partial charge in [-0.15, -0.1) is 4.73 Å². The predicted octanol–water partition coefficient (Wildman–Crippen LogP) is 3.29. The maximum absolute atomic E-state index is 12.7. The highest BCUT2D eigenvalue weighted by molar-refractivity contribution is 5.89. The standard InChI is InChI=1S/C18H17NO2/c1-3-14-15-11-7-8-12-16(15)18(20)19(21-2)17(14)13-9-5-4-6-10-13/h4-12H,3H2,1-2H3. The summed E-state index contributed by atoms with van der Waals surface area (Å²) in [7, 11) is 1.53. The highest BCUT2D eigenvalue weighted by Gasteiger charge is 2.17. The minimum atomic E-state index is -0.121. The molecule has 0 saturated heterocycles. The number of fused-ring (bicyclic) bond motifs is 1. The van der Waals surface area contributed by atoms with Crippen molar-refractivity contribution in [1.82, 2.24) is 4.73 Å². The average molecular weight is 279 g/mol. The smallest absolute Gasteiger partial charge is 0.291 e. The van der Waals surface area contributed by atoms with Crippen molar-refractivity contribution in [3.05, 3.63) is 70.5 Å². The van der Waals surface area contributed by atoms with E-state index < -0.39 is 0 Å².